The van der Waals surface area contributed by atoms with Gasteiger partial charge in [-0.3, -0.25) is 14.6 Å². The minimum atomic E-state index is -1.15. The first-order valence-electron chi connectivity index (χ1n) is 10.2. The van der Waals surface area contributed by atoms with Crippen molar-refractivity contribution >= 4 is 46.4 Å². The van der Waals surface area contributed by atoms with E-state index in [0.29, 0.717) is 31.8 Å². The van der Waals surface area contributed by atoms with Gasteiger partial charge in [-0.2, -0.15) is 0 Å². The Morgan fingerprint density at radius 3 is 2.45 bits per heavy atom. The van der Waals surface area contributed by atoms with Crippen LogP contribution in [0.5, 0.6) is 0 Å². The Kier molecular flexibility index (Phi) is 5.25. The number of ether oxygens (including phenoxy) is 1. The van der Waals surface area contributed by atoms with Gasteiger partial charge in [-0.25, -0.2) is 24.6 Å². The summed E-state index contributed by atoms with van der Waals surface area (Å²) in [6.07, 6.45) is 1.05. The van der Waals surface area contributed by atoms with E-state index in [-0.39, 0.29) is 28.3 Å². The van der Waals surface area contributed by atoms with Crippen molar-refractivity contribution in [2.75, 3.05) is 31.1 Å². The lowest BCUT2D eigenvalue weighted by atomic mass is 10.3. The lowest BCUT2D eigenvalue weighted by Crippen LogP contribution is -2.50. The van der Waals surface area contributed by atoms with Crippen LogP contribution >= 0.6 is 11.6 Å². The molecule has 2 aliphatic rings. The number of nitrogens with zero attached hydrogens (tertiary/aromatic N) is 7. The van der Waals surface area contributed by atoms with Crippen LogP contribution in [0.1, 0.15) is 29.3 Å². The van der Waals surface area contributed by atoms with Crippen LogP contribution in [0.3, 0.4) is 0 Å². The number of rotatable bonds is 2. The second-order valence-electron chi connectivity index (χ2n) is 7.54. The molecular weight excluding hydrogens is 450 g/mol. The van der Waals surface area contributed by atoms with Crippen molar-refractivity contribution in [3.8, 4) is 0 Å². The molecule has 33 heavy (non-hydrogen) atoms. The second kappa shape index (κ2) is 8.24. The number of fused-ring (bicyclic) bond motifs is 2. The van der Waals surface area contributed by atoms with E-state index in [2.05, 4.69) is 19.9 Å². The van der Waals surface area contributed by atoms with E-state index in [1.165, 1.54) is 29.1 Å². The van der Waals surface area contributed by atoms with Gasteiger partial charge >= 0.3 is 6.09 Å². The zero-order valence-electron chi connectivity index (χ0n) is 17.5. The second-order valence-corrected chi connectivity index (χ2v) is 7.93. The molecule has 0 aliphatic carbocycles. The Labute approximate surface area is 193 Å². The minimum absolute atomic E-state index is 0.0455. The third-order valence-electron chi connectivity index (χ3n) is 5.56. The van der Waals surface area contributed by atoms with Gasteiger partial charge in [-0.15, -0.1) is 0 Å². The summed E-state index contributed by atoms with van der Waals surface area (Å²) in [5.74, 6) is -0.316. The average molecular weight is 468 g/mol. The van der Waals surface area contributed by atoms with Gasteiger partial charge in [0, 0.05) is 50.9 Å². The maximum atomic E-state index is 13.2. The number of piperazine rings is 1. The van der Waals surface area contributed by atoms with Crippen LogP contribution in [0.4, 0.5) is 10.6 Å². The summed E-state index contributed by atoms with van der Waals surface area (Å²) in [5.41, 5.74) is 0.645. The number of amides is 3. The summed E-state index contributed by atoms with van der Waals surface area (Å²) in [6.45, 7) is 2.95. The summed E-state index contributed by atoms with van der Waals surface area (Å²) in [6, 6.07) is 6.79. The van der Waals surface area contributed by atoms with Crippen molar-refractivity contribution in [2.24, 2.45) is 0 Å². The van der Waals surface area contributed by atoms with Gasteiger partial charge in [0.1, 0.15) is 16.7 Å². The van der Waals surface area contributed by atoms with Crippen molar-refractivity contribution in [3.05, 3.63) is 53.2 Å². The number of hydrogen-bond acceptors (Lipinski definition) is 8. The standard InChI is InChI=1S/C21H18ClN7O4/c1-12(30)27-8-10-28(11-9-27)21(32)33-20-17-16(23-6-7-24-17)19(31)29(20)15-5-3-13-2-4-14(22)25-18(13)26-15/h2-7,20H,8-11H2,1H3. The Morgan fingerprint density at radius 1 is 1.00 bits per heavy atom. The third kappa shape index (κ3) is 3.80. The van der Waals surface area contributed by atoms with E-state index in [0.717, 1.165) is 5.39 Å². The van der Waals surface area contributed by atoms with E-state index in [1.54, 1.807) is 29.2 Å². The molecule has 1 fully saturated rings. The molecule has 1 saturated heterocycles. The first kappa shape index (κ1) is 21.0. The van der Waals surface area contributed by atoms with Crippen molar-refractivity contribution in [1.82, 2.24) is 29.7 Å². The summed E-state index contributed by atoms with van der Waals surface area (Å²) in [7, 11) is 0. The molecule has 3 aromatic rings. The fourth-order valence-electron chi connectivity index (χ4n) is 3.84. The molecule has 0 bridgehead atoms. The Balaban J connectivity index is 1.45. The minimum Gasteiger partial charge on any atom is -0.419 e. The maximum absolute atomic E-state index is 13.2. The number of pyridine rings is 2. The van der Waals surface area contributed by atoms with E-state index >= 15 is 0 Å². The fourth-order valence-corrected chi connectivity index (χ4v) is 3.99. The summed E-state index contributed by atoms with van der Waals surface area (Å²) in [4.78, 5) is 59.1. The van der Waals surface area contributed by atoms with E-state index in [9.17, 15) is 14.4 Å². The highest BCUT2D eigenvalue weighted by Crippen LogP contribution is 2.36. The van der Waals surface area contributed by atoms with Gasteiger partial charge in [0.15, 0.2) is 11.3 Å². The molecule has 0 aromatic carbocycles. The molecule has 2 aliphatic heterocycles. The Hall–Kier alpha value is -3.86. The first-order chi connectivity index (χ1) is 15.9. The first-order valence-corrected chi connectivity index (χ1v) is 10.6. The Bertz CT molecular complexity index is 1280. The normalized spacial score (nSPS) is 17.9. The van der Waals surface area contributed by atoms with Crippen LogP contribution in [0.2, 0.25) is 5.15 Å². The smallest absolute Gasteiger partial charge is 0.412 e. The highest BCUT2D eigenvalue weighted by atomic mass is 35.5. The summed E-state index contributed by atoms with van der Waals surface area (Å²) >= 11 is 5.99. The van der Waals surface area contributed by atoms with Crippen LogP contribution in [0, 0.1) is 0 Å². The molecule has 1 atom stereocenters. The predicted molar refractivity (Wildman–Crippen MR) is 116 cm³/mol. The van der Waals surface area contributed by atoms with Crippen LogP contribution in [0.15, 0.2) is 36.7 Å². The van der Waals surface area contributed by atoms with Crippen LogP contribution in [-0.4, -0.2) is 73.8 Å². The van der Waals surface area contributed by atoms with Crippen molar-refractivity contribution in [1.29, 1.82) is 0 Å². The molecule has 5 heterocycles. The van der Waals surface area contributed by atoms with Crippen molar-refractivity contribution < 1.29 is 19.1 Å². The van der Waals surface area contributed by atoms with Crippen molar-refractivity contribution in [3.63, 3.8) is 0 Å². The van der Waals surface area contributed by atoms with Gasteiger partial charge in [0.25, 0.3) is 5.91 Å². The summed E-state index contributed by atoms with van der Waals surface area (Å²) in [5, 5.41) is 1.000. The zero-order valence-corrected chi connectivity index (χ0v) is 18.3. The van der Waals surface area contributed by atoms with Gasteiger partial charge < -0.3 is 14.5 Å². The molecule has 0 radical (unpaired) electrons. The molecule has 0 N–H and O–H groups in total. The molecule has 0 spiro atoms. The van der Waals surface area contributed by atoms with Gasteiger partial charge in [-0.1, -0.05) is 11.6 Å². The number of carbonyl (C=O) groups is 3. The van der Waals surface area contributed by atoms with Crippen LogP contribution in [0.25, 0.3) is 11.0 Å². The monoisotopic (exact) mass is 467 g/mol. The maximum Gasteiger partial charge on any atom is 0.412 e. The molecule has 168 valence electrons. The van der Waals surface area contributed by atoms with E-state index < -0.39 is 18.2 Å². The molecule has 3 aromatic heterocycles. The lowest BCUT2D eigenvalue weighted by Gasteiger charge is -2.34. The predicted octanol–water partition coefficient (Wildman–Crippen LogP) is 2.03. The van der Waals surface area contributed by atoms with Gasteiger partial charge in [-0.05, 0) is 24.3 Å². The molecule has 5 rings (SSSR count). The topological polar surface area (TPSA) is 122 Å². The van der Waals surface area contributed by atoms with Crippen molar-refractivity contribution in [2.45, 2.75) is 13.2 Å². The highest BCUT2D eigenvalue weighted by Gasteiger charge is 2.44. The van der Waals surface area contributed by atoms with Crippen LogP contribution < -0.4 is 4.90 Å². The number of halogens is 1. The third-order valence-corrected chi connectivity index (χ3v) is 5.77. The average Bonchev–Trinajstić information content (AvgIpc) is 3.10. The quantitative estimate of drug-likeness (QED) is 0.525. The zero-order chi connectivity index (χ0) is 23.1. The molecule has 11 nitrogen and oxygen atoms in total. The van der Waals surface area contributed by atoms with Gasteiger partial charge in [0.2, 0.25) is 12.1 Å². The molecule has 3 amide bonds. The molecule has 1 unspecified atom stereocenters. The van der Waals surface area contributed by atoms with Gasteiger partial charge in [0.05, 0.1) is 0 Å². The lowest BCUT2D eigenvalue weighted by molar-refractivity contribution is -0.130. The van der Waals surface area contributed by atoms with E-state index in [1.807, 2.05) is 0 Å². The van der Waals surface area contributed by atoms with E-state index in [4.69, 9.17) is 16.3 Å². The molecule has 12 heteroatoms. The number of hydrogen-bond donors (Lipinski definition) is 0. The molecular formula is C21H18ClN7O4. The highest BCUT2D eigenvalue weighted by molar-refractivity contribution is 6.29. The largest absolute Gasteiger partial charge is 0.419 e. The SMILES string of the molecule is CC(=O)N1CCN(C(=O)OC2c3nccnc3C(=O)N2c2ccc3ccc(Cl)nc3n2)CC1. The fraction of sp³-hybridized carbons (Fsp3) is 0.286. The number of aromatic nitrogens is 4. The molecule has 0 saturated carbocycles. The summed E-state index contributed by atoms with van der Waals surface area (Å²) < 4.78 is 5.75. The Morgan fingerprint density at radius 2 is 1.70 bits per heavy atom. The number of anilines is 1. The number of carbonyl (C=O) groups excluding carboxylic acids is 3. The van der Waals surface area contributed by atoms with Crippen LogP contribution in [-0.2, 0) is 9.53 Å².